The van der Waals surface area contributed by atoms with Gasteiger partial charge in [0.25, 0.3) is 5.91 Å². The number of para-hydroxylation sites is 1. The van der Waals surface area contributed by atoms with Crippen molar-refractivity contribution in [2.24, 2.45) is 0 Å². The van der Waals surface area contributed by atoms with Gasteiger partial charge in [-0.05, 0) is 24.6 Å². The van der Waals surface area contributed by atoms with Gasteiger partial charge in [0.05, 0.1) is 22.8 Å². The standard InChI is InChI=1S/C16H15N5O3S/c17-9-11-3-1-2-4-13(11)20-15(22)14-5-7-18-16(21-14)19-12-6-8-25(23,24)10-12/h1-5,7,12H,6,8,10H2,(H,20,22)(H,18,19,21). The van der Waals surface area contributed by atoms with E-state index in [0.29, 0.717) is 17.7 Å². The summed E-state index contributed by atoms with van der Waals surface area (Å²) in [6, 6.07) is 9.83. The predicted octanol–water partition coefficient (Wildman–Crippen LogP) is 1.20. The van der Waals surface area contributed by atoms with Gasteiger partial charge in [-0.15, -0.1) is 0 Å². The zero-order valence-electron chi connectivity index (χ0n) is 13.1. The van der Waals surface area contributed by atoms with Crippen LogP contribution in [0.25, 0.3) is 0 Å². The molecule has 0 aliphatic carbocycles. The lowest BCUT2D eigenvalue weighted by atomic mass is 10.2. The van der Waals surface area contributed by atoms with Gasteiger partial charge in [0.1, 0.15) is 11.8 Å². The number of rotatable bonds is 4. The Bertz CT molecular complexity index is 952. The molecule has 1 saturated heterocycles. The van der Waals surface area contributed by atoms with Crippen LogP contribution in [0, 0.1) is 11.3 Å². The van der Waals surface area contributed by atoms with Crippen molar-refractivity contribution in [3.05, 3.63) is 47.8 Å². The SMILES string of the molecule is N#Cc1ccccc1NC(=O)c1ccnc(NC2CCS(=O)(=O)C2)n1. The van der Waals surface area contributed by atoms with E-state index in [0.717, 1.165) is 0 Å². The second-order valence-electron chi connectivity index (χ2n) is 5.62. The second kappa shape index (κ2) is 6.86. The van der Waals surface area contributed by atoms with Crippen LogP contribution in [0.5, 0.6) is 0 Å². The van der Waals surface area contributed by atoms with E-state index in [1.54, 1.807) is 24.3 Å². The highest BCUT2D eigenvalue weighted by molar-refractivity contribution is 7.91. The Hall–Kier alpha value is -2.99. The maximum absolute atomic E-state index is 12.3. The Morgan fingerprint density at radius 1 is 1.28 bits per heavy atom. The van der Waals surface area contributed by atoms with Gasteiger partial charge in [0, 0.05) is 12.2 Å². The minimum atomic E-state index is -3.02. The van der Waals surface area contributed by atoms with Crippen LogP contribution in [0.15, 0.2) is 36.5 Å². The van der Waals surface area contributed by atoms with Crippen LogP contribution in [0.2, 0.25) is 0 Å². The molecule has 0 spiro atoms. The van der Waals surface area contributed by atoms with Gasteiger partial charge in [-0.2, -0.15) is 5.26 Å². The fourth-order valence-electron chi connectivity index (χ4n) is 2.52. The molecule has 1 fully saturated rings. The summed E-state index contributed by atoms with van der Waals surface area (Å²) in [5.41, 5.74) is 0.857. The summed E-state index contributed by atoms with van der Waals surface area (Å²) < 4.78 is 23.0. The number of carbonyl (C=O) groups excluding carboxylic acids is 1. The summed E-state index contributed by atoms with van der Waals surface area (Å²) in [6.07, 6.45) is 1.90. The van der Waals surface area contributed by atoms with Gasteiger partial charge >= 0.3 is 0 Å². The number of aromatic nitrogens is 2. The molecule has 2 heterocycles. The van der Waals surface area contributed by atoms with Crippen molar-refractivity contribution in [1.29, 1.82) is 5.26 Å². The Morgan fingerprint density at radius 3 is 2.80 bits per heavy atom. The van der Waals surface area contributed by atoms with Gasteiger partial charge in [0.2, 0.25) is 5.95 Å². The van der Waals surface area contributed by atoms with E-state index < -0.39 is 15.7 Å². The molecule has 1 aliphatic heterocycles. The predicted molar refractivity (Wildman–Crippen MR) is 91.8 cm³/mol. The molecule has 9 heteroatoms. The van der Waals surface area contributed by atoms with Crippen LogP contribution in [-0.2, 0) is 9.84 Å². The molecule has 0 radical (unpaired) electrons. The number of hydrogen-bond acceptors (Lipinski definition) is 7. The first-order chi connectivity index (χ1) is 12.0. The second-order valence-corrected chi connectivity index (χ2v) is 7.85. The van der Waals surface area contributed by atoms with Crippen LogP contribution in [0.4, 0.5) is 11.6 Å². The Balaban J connectivity index is 1.73. The van der Waals surface area contributed by atoms with E-state index in [-0.39, 0.29) is 29.2 Å². The number of carbonyl (C=O) groups is 1. The fourth-order valence-corrected chi connectivity index (χ4v) is 4.20. The number of nitriles is 1. The van der Waals surface area contributed by atoms with Crippen LogP contribution in [0.3, 0.4) is 0 Å². The quantitative estimate of drug-likeness (QED) is 0.842. The van der Waals surface area contributed by atoms with Crippen LogP contribution in [-0.4, -0.2) is 41.8 Å². The summed E-state index contributed by atoms with van der Waals surface area (Å²) >= 11 is 0. The Morgan fingerprint density at radius 2 is 2.08 bits per heavy atom. The Labute approximate surface area is 144 Å². The molecule has 2 N–H and O–H groups in total. The van der Waals surface area contributed by atoms with Crippen LogP contribution >= 0.6 is 0 Å². The van der Waals surface area contributed by atoms with Crippen molar-refractivity contribution in [2.45, 2.75) is 12.5 Å². The molecular formula is C16H15N5O3S. The van der Waals surface area contributed by atoms with E-state index in [9.17, 15) is 13.2 Å². The molecule has 1 aromatic heterocycles. The average molecular weight is 357 g/mol. The highest BCUT2D eigenvalue weighted by Gasteiger charge is 2.28. The van der Waals surface area contributed by atoms with E-state index in [1.165, 1.54) is 12.3 Å². The van der Waals surface area contributed by atoms with Gasteiger partial charge in [0.15, 0.2) is 9.84 Å². The Kier molecular flexibility index (Phi) is 4.63. The van der Waals surface area contributed by atoms with E-state index >= 15 is 0 Å². The number of amides is 1. The molecule has 8 nitrogen and oxygen atoms in total. The monoisotopic (exact) mass is 357 g/mol. The number of nitrogens with zero attached hydrogens (tertiary/aromatic N) is 3. The van der Waals surface area contributed by atoms with E-state index in [4.69, 9.17) is 5.26 Å². The van der Waals surface area contributed by atoms with Crippen molar-refractivity contribution in [1.82, 2.24) is 9.97 Å². The third kappa shape index (κ3) is 4.10. The lowest BCUT2D eigenvalue weighted by molar-refractivity contribution is 0.102. The first kappa shape index (κ1) is 16.9. The summed E-state index contributed by atoms with van der Waals surface area (Å²) in [7, 11) is -3.02. The highest BCUT2D eigenvalue weighted by Crippen LogP contribution is 2.17. The zero-order chi connectivity index (χ0) is 17.9. The van der Waals surface area contributed by atoms with Crippen molar-refractivity contribution in [3.63, 3.8) is 0 Å². The number of sulfone groups is 1. The summed E-state index contributed by atoms with van der Waals surface area (Å²) in [4.78, 5) is 20.5. The molecule has 25 heavy (non-hydrogen) atoms. The van der Waals surface area contributed by atoms with Crippen molar-refractivity contribution >= 4 is 27.4 Å². The third-order valence-corrected chi connectivity index (χ3v) is 5.52. The normalized spacial score (nSPS) is 18.3. The molecular weight excluding hydrogens is 342 g/mol. The molecule has 1 amide bonds. The van der Waals surface area contributed by atoms with Gasteiger partial charge in [-0.25, -0.2) is 18.4 Å². The highest BCUT2D eigenvalue weighted by atomic mass is 32.2. The largest absolute Gasteiger partial charge is 0.350 e. The molecule has 1 atom stereocenters. The zero-order valence-corrected chi connectivity index (χ0v) is 14.0. The van der Waals surface area contributed by atoms with Crippen molar-refractivity contribution in [3.8, 4) is 6.07 Å². The molecule has 128 valence electrons. The minimum Gasteiger partial charge on any atom is -0.350 e. The topological polar surface area (TPSA) is 125 Å². The maximum atomic E-state index is 12.3. The molecule has 2 aromatic rings. The molecule has 0 bridgehead atoms. The summed E-state index contributed by atoms with van der Waals surface area (Å²) in [6.45, 7) is 0. The summed E-state index contributed by atoms with van der Waals surface area (Å²) in [5, 5.41) is 14.6. The van der Waals surface area contributed by atoms with Crippen molar-refractivity contribution in [2.75, 3.05) is 22.1 Å². The maximum Gasteiger partial charge on any atom is 0.274 e. The average Bonchev–Trinajstić information content (AvgIpc) is 2.94. The number of nitrogens with one attached hydrogen (secondary N) is 2. The molecule has 3 rings (SSSR count). The smallest absolute Gasteiger partial charge is 0.274 e. The van der Waals surface area contributed by atoms with Crippen molar-refractivity contribution < 1.29 is 13.2 Å². The number of anilines is 2. The number of benzene rings is 1. The first-order valence-electron chi connectivity index (χ1n) is 7.57. The molecule has 1 unspecified atom stereocenters. The van der Waals surface area contributed by atoms with Gasteiger partial charge in [-0.1, -0.05) is 12.1 Å². The minimum absolute atomic E-state index is 0.0301. The molecule has 0 saturated carbocycles. The van der Waals surface area contributed by atoms with Crippen LogP contribution < -0.4 is 10.6 Å². The van der Waals surface area contributed by atoms with Gasteiger partial charge < -0.3 is 10.6 Å². The molecule has 1 aromatic carbocycles. The fraction of sp³-hybridized carbons (Fsp3) is 0.250. The van der Waals surface area contributed by atoms with Gasteiger partial charge in [-0.3, -0.25) is 4.79 Å². The van der Waals surface area contributed by atoms with E-state index in [2.05, 4.69) is 20.6 Å². The third-order valence-electron chi connectivity index (χ3n) is 3.75. The lowest BCUT2D eigenvalue weighted by Crippen LogP contribution is -2.23. The number of hydrogen-bond donors (Lipinski definition) is 2. The van der Waals surface area contributed by atoms with Crippen LogP contribution in [0.1, 0.15) is 22.5 Å². The van der Waals surface area contributed by atoms with E-state index in [1.807, 2.05) is 6.07 Å². The molecule has 1 aliphatic rings. The lowest BCUT2D eigenvalue weighted by Gasteiger charge is -2.11. The summed E-state index contributed by atoms with van der Waals surface area (Å²) in [5.74, 6) is -0.117. The first-order valence-corrected chi connectivity index (χ1v) is 9.39.